The van der Waals surface area contributed by atoms with Crippen LogP contribution in [0.5, 0.6) is 0 Å². The van der Waals surface area contributed by atoms with Crippen molar-refractivity contribution in [1.82, 2.24) is 25.8 Å². The van der Waals surface area contributed by atoms with E-state index in [9.17, 15) is 14.4 Å². The monoisotopic (exact) mass is 749 g/mol. The molecule has 6 rings (SSSR count). The number of nitrogens with one attached hydrogen (secondary N) is 2. The second kappa shape index (κ2) is 19.1. The van der Waals surface area contributed by atoms with E-state index in [0.29, 0.717) is 36.3 Å². The minimum Gasteiger partial charge on any atom is -0.464 e. The molecule has 280 valence electrons. The molecule has 3 heterocycles. The molecule has 12 nitrogen and oxygen atoms in total. The van der Waals surface area contributed by atoms with E-state index in [1.807, 2.05) is 84.9 Å². The van der Waals surface area contributed by atoms with Crippen molar-refractivity contribution in [2.75, 3.05) is 26.0 Å². The largest absolute Gasteiger partial charge is 0.464 e. The standard InChI is InChI=1S/C41H43N5O7S/c1-27(47)51-25-34-36(26-54-41-46-45-39(53-41)31-19-21-42-22-20-31)52-33(24-43-34)18-17-28-11-9-10-16-32(28)23-35(48)38(44-40(49)50-2)37(29-12-5-3-6-13-29)30-14-7-4-8-15-30/h3-16,19-22,33-34,36-38,43H,17-18,23-26H2,1-2H3,(H,44,49)/t33-,34-,36-,38-/m1/s1. The van der Waals surface area contributed by atoms with Crippen molar-refractivity contribution < 1.29 is 33.0 Å². The highest BCUT2D eigenvalue weighted by Crippen LogP contribution is 2.31. The van der Waals surface area contributed by atoms with E-state index in [-0.39, 0.29) is 43.0 Å². The average Bonchev–Trinajstić information content (AvgIpc) is 3.69. The summed E-state index contributed by atoms with van der Waals surface area (Å²) in [6.07, 6.45) is 3.61. The normalized spacial score (nSPS) is 17.4. The van der Waals surface area contributed by atoms with Gasteiger partial charge < -0.3 is 29.3 Å². The minimum absolute atomic E-state index is 0.111. The summed E-state index contributed by atoms with van der Waals surface area (Å²) < 4.78 is 22.8. The third-order valence-corrected chi connectivity index (χ3v) is 10.2. The summed E-state index contributed by atoms with van der Waals surface area (Å²) >= 11 is 1.38. The van der Waals surface area contributed by atoms with Crippen molar-refractivity contribution in [3.05, 3.63) is 132 Å². The topological polar surface area (TPSA) is 155 Å². The Morgan fingerprint density at radius 2 is 1.57 bits per heavy atom. The van der Waals surface area contributed by atoms with Crippen LogP contribution in [0.4, 0.5) is 4.79 Å². The highest BCUT2D eigenvalue weighted by Gasteiger charge is 2.34. The zero-order chi connectivity index (χ0) is 37.7. The summed E-state index contributed by atoms with van der Waals surface area (Å²) in [4.78, 5) is 42.6. The predicted molar refractivity (Wildman–Crippen MR) is 203 cm³/mol. The number of rotatable bonds is 16. The summed E-state index contributed by atoms with van der Waals surface area (Å²) in [7, 11) is 1.29. The van der Waals surface area contributed by atoms with Crippen LogP contribution in [0, 0.1) is 0 Å². The third kappa shape index (κ3) is 10.4. The van der Waals surface area contributed by atoms with Crippen LogP contribution in [-0.2, 0) is 36.6 Å². The molecular formula is C41H43N5O7S. The molecule has 3 aromatic carbocycles. The second-order valence-electron chi connectivity index (χ2n) is 12.9. The van der Waals surface area contributed by atoms with Crippen LogP contribution in [-0.4, -0.2) is 83.3 Å². The first kappa shape index (κ1) is 38.4. The number of pyridine rings is 1. The average molecular weight is 750 g/mol. The predicted octanol–water partition coefficient (Wildman–Crippen LogP) is 5.81. The molecule has 4 atom stereocenters. The Morgan fingerprint density at radius 3 is 2.24 bits per heavy atom. The third-order valence-electron chi connectivity index (χ3n) is 9.27. The number of benzene rings is 3. The number of aryl methyl sites for hydroxylation is 1. The number of hydrogen-bond acceptors (Lipinski definition) is 12. The quantitative estimate of drug-likeness (QED) is 0.0924. The van der Waals surface area contributed by atoms with E-state index < -0.39 is 18.1 Å². The lowest BCUT2D eigenvalue weighted by molar-refractivity contribution is -0.144. The molecule has 5 aromatic rings. The van der Waals surface area contributed by atoms with Gasteiger partial charge in [0.25, 0.3) is 5.22 Å². The van der Waals surface area contributed by atoms with Gasteiger partial charge in [0, 0.05) is 49.5 Å². The number of hydrogen-bond donors (Lipinski definition) is 2. The van der Waals surface area contributed by atoms with Gasteiger partial charge in [0.1, 0.15) is 12.6 Å². The number of thioether (sulfide) groups is 1. The lowest BCUT2D eigenvalue weighted by atomic mass is 9.81. The number of esters is 1. The number of Topliss-reactive ketones (excluding diaryl/α,β-unsaturated/α-hetero) is 1. The fourth-order valence-corrected chi connectivity index (χ4v) is 7.41. The van der Waals surface area contributed by atoms with Crippen LogP contribution in [0.15, 0.2) is 119 Å². The second-order valence-corrected chi connectivity index (χ2v) is 13.9. The molecule has 2 N–H and O–H groups in total. The van der Waals surface area contributed by atoms with Crippen LogP contribution in [0.1, 0.15) is 41.5 Å². The number of alkyl carbamates (subject to hydrolysis) is 1. The highest BCUT2D eigenvalue weighted by molar-refractivity contribution is 7.99. The molecule has 54 heavy (non-hydrogen) atoms. The first-order valence-corrected chi connectivity index (χ1v) is 18.8. The first-order chi connectivity index (χ1) is 26.4. The van der Waals surface area contributed by atoms with Gasteiger partial charge in [0.15, 0.2) is 5.78 Å². The molecule has 2 aromatic heterocycles. The van der Waals surface area contributed by atoms with E-state index in [1.165, 1.54) is 25.8 Å². The van der Waals surface area contributed by atoms with Crippen LogP contribution < -0.4 is 10.6 Å². The van der Waals surface area contributed by atoms with Crippen molar-refractivity contribution >= 4 is 29.6 Å². The first-order valence-electron chi connectivity index (χ1n) is 17.8. The molecule has 0 radical (unpaired) electrons. The van der Waals surface area contributed by atoms with E-state index in [2.05, 4.69) is 25.8 Å². The Kier molecular flexibility index (Phi) is 13.6. The van der Waals surface area contributed by atoms with Crippen molar-refractivity contribution in [2.45, 2.75) is 61.6 Å². The van der Waals surface area contributed by atoms with E-state index in [1.54, 1.807) is 24.5 Å². The molecule has 1 aliphatic rings. The summed E-state index contributed by atoms with van der Waals surface area (Å²) in [5.41, 5.74) is 4.48. The zero-order valence-electron chi connectivity index (χ0n) is 30.1. The molecule has 13 heteroatoms. The van der Waals surface area contributed by atoms with Gasteiger partial charge in [-0.2, -0.15) is 0 Å². The minimum atomic E-state index is -0.881. The van der Waals surface area contributed by atoms with Crippen molar-refractivity contribution in [2.24, 2.45) is 0 Å². The maximum absolute atomic E-state index is 14.3. The molecule has 0 saturated carbocycles. The van der Waals surface area contributed by atoms with Crippen LogP contribution in [0.2, 0.25) is 0 Å². The van der Waals surface area contributed by atoms with E-state index >= 15 is 0 Å². The van der Waals surface area contributed by atoms with Crippen LogP contribution in [0.25, 0.3) is 11.5 Å². The fraction of sp³-hybridized carbons (Fsp3) is 0.317. The van der Waals surface area contributed by atoms with Gasteiger partial charge in [0.2, 0.25) is 5.89 Å². The summed E-state index contributed by atoms with van der Waals surface area (Å²) in [5.74, 6) is -0.0519. The molecular weight excluding hydrogens is 707 g/mol. The molecule has 1 aliphatic heterocycles. The summed E-state index contributed by atoms with van der Waals surface area (Å²) in [6, 6.07) is 29.8. The fourth-order valence-electron chi connectivity index (χ4n) is 6.56. The molecule has 1 amide bonds. The van der Waals surface area contributed by atoms with E-state index in [4.69, 9.17) is 18.6 Å². The smallest absolute Gasteiger partial charge is 0.407 e. The highest BCUT2D eigenvalue weighted by atomic mass is 32.2. The number of nitrogens with zero attached hydrogens (tertiary/aromatic N) is 3. The molecule has 1 fully saturated rings. The molecule has 0 aliphatic carbocycles. The number of amides is 1. The van der Waals surface area contributed by atoms with Gasteiger partial charge in [-0.1, -0.05) is 96.7 Å². The van der Waals surface area contributed by atoms with Gasteiger partial charge in [-0.25, -0.2) is 4.79 Å². The number of ketones is 1. The zero-order valence-corrected chi connectivity index (χ0v) is 30.9. The number of morpholine rings is 1. The van der Waals surface area contributed by atoms with Crippen molar-refractivity contribution in [3.8, 4) is 11.5 Å². The van der Waals surface area contributed by atoms with Crippen LogP contribution in [0.3, 0.4) is 0 Å². The summed E-state index contributed by atoms with van der Waals surface area (Å²) in [5, 5.41) is 15.1. The molecule has 0 unspecified atom stereocenters. The van der Waals surface area contributed by atoms with Gasteiger partial charge in [0.05, 0.1) is 25.4 Å². The maximum Gasteiger partial charge on any atom is 0.407 e. The van der Waals surface area contributed by atoms with Gasteiger partial charge in [-0.05, 0) is 47.2 Å². The number of methoxy groups -OCH3 is 1. The van der Waals surface area contributed by atoms with Crippen LogP contribution >= 0.6 is 11.8 Å². The number of ether oxygens (including phenoxy) is 3. The number of carbonyl (C=O) groups excluding carboxylic acids is 3. The van der Waals surface area contributed by atoms with Gasteiger partial charge >= 0.3 is 12.1 Å². The Labute approximate surface area is 318 Å². The number of carbonyl (C=O) groups is 3. The number of aromatic nitrogens is 3. The van der Waals surface area contributed by atoms with Gasteiger partial charge in [-0.3, -0.25) is 14.6 Å². The van der Waals surface area contributed by atoms with E-state index in [0.717, 1.165) is 27.8 Å². The van der Waals surface area contributed by atoms with Crippen molar-refractivity contribution in [1.29, 1.82) is 0 Å². The summed E-state index contributed by atoms with van der Waals surface area (Å²) in [6.45, 7) is 2.11. The SMILES string of the molecule is COC(=O)N[C@H](C(=O)Cc1ccccc1CC[C@@H]1CN[C@H](COC(C)=O)[C@@H](CSc2nnc(-c3ccncc3)o2)O1)C(c1ccccc1)c1ccccc1. The Bertz CT molecular complexity index is 1930. The lowest BCUT2D eigenvalue weighted by Gasteiger charge is -2.37. The molecule has 1 saturated heterocycles. The van der Waals surface area contributed by atoms with Crippen molar-refractivity contribution in [3.63, 3.8) is 0 Å². The van der Waals surface area contributed by atoms with Gasteiger partial charge in [-0.15, -0.1) is 10.2 Å². The Hall–Kier alpha value is -5.37. The molecule has 0 bridgehead atoms. The maximum atomic E-state index is 14.3. The molecule has 0 spiro atoms. The Balaban J connectivity index is 1.14. The lowest BCUT2D eigenvalue weighted by Crippen LogP contribution is -2.55. The Morgan fingerprint density at radius 1 is 0.907 bits per heavy atom.